The summed E-state index contributed by atoms with van der Waals surface area (Å²) in [5, 5.41) is 0. The molecule has 170 valence electrons. The van der Waals surface area contributed by atoms with E-state index in [1.807, 2.05) is 9.35 Å². The van der Waals surface area contributed by atoms with E-state index in [1.165, 1.54) is 16.7 Å². The first-order chi connectivity index (χ1) is 14.3. The van der Waals surface area contributed by atoms with Crippen LogP contribution in [0.25, 0.3) is 5.57 Å². The second-order valence-electron chi connectivity index (χ2n) is 8.86. The fourth-order valence-electron chi connectivity index (χ4n) is 5.19. The van der Waals surface area contributed by atoms with Crippen molar-refractivity contribution in [2.45, 2.75) is 44.4 Å². The number of hydrogen-bond donors (Lipinski definition) is 0. The molecule has 0 radical (unpaired) electrons. The Morgan fingerprint density at radius 2 is 1.59 bits per heavy atom. The number of halogens is 2. The third-order valence-corrected chi connectivity index (χ3v) is 25.7. The minimum absolute atomic E-state index is 0. The first-order valence-electron chi connectivity index (χ1n) is 10.9. The van der Waals surface area contributed by atoms with Crippen molar-refractivity contribution >= 4 is 35.8 Å². The summed E-state index contributed by atoms with van der Waals surface area (Å²) in [6.07, 6.45) is 2.64. The number of allylic oxidation sites excluding steroid dienone is 5. The monoisotopic (exact) mass is 562 g/mol. The van der Waals surface area contributed by atoms with Gasteiger partial charge in [0.25, 0.3) is 0 Å². The van der Waals surface area contributed by atoms with Gasteiger partial charge < -0.3 is 0 Å². The van der Waals surface area contributed by atoms with Crippen LogP contribution in [0.3, 0.4) is 0 Å². The van der Waals surface area contributed by atoms with Crippen molar-refractivity contribution in [2.24, 2.45) is 5.92 Å². The number of rotatable bonds is 4. The Morgan fingerprint density at radius 1 is 0.906 bits per heavy atom. The topological polar surface area (TPSA) is 9.23 Å². The molecule has 0 aromatic heterocycles. The molecule has 0 bridgehead atoms. The van der Waals surface area contributed by atoms with Gasteiger partial charge in [-0.05, 0) is 0 Å². The van der Waals surface area contributed by atoms with Crippen molar-refractivity contribution < 1.29 is 25.1 Å². The van der Waals surface area contributed by atoms with Gasteiger partial charge >= 0.3 is 191 Å². The van der Waals surface area contributed by atoms with Gasteiger partial charge in [-0.15, -0.1) is 24.8 Å². The van der Waals surface area contributed by atoms with Gasteiger partial charge in [0.05, 0.1) is 0 Å². The minimum Gasteiger partial charge on any atom is -0.147 e. The van der Waals surface area contributed by atoms with Crippen molar-refractivity contribution in [3.05, 3.63) is 91.3 Å². The van der Waals surface area contributed by atoms with E-state index >= 15 is 0 Å². The van der Waals surface area contributed by atoms with Gasteiger partial charge in [0.1, 0.15) is 0 Å². The Bertz CT molecular complexity index is 1160. The SMILES string of the molecule is COc1cccc(C2=C[CH]([Zr]([C]3=C(C)C(C)=C(C)C3C)=[Si](C)C)c3ccccc32)c1.Cl.Cl. The zero-order chi connectivity index (χ0) is 21.6. The summed E-state index contributed by atoms with van der Waals surface area (Å²) in [5.41, 5.74) is 10.1. The maximum absolute atomic E-state index is 5.53. The van der Waals surface area contributed by atoms with Crippen molar-refractivity contribution in [3.63, 3.8) is 0 Å². The molecule has 0 N–H and O–H groups in total. The van der Waals surface area contributed by atoms with E-state index < -0.39 is 20.4 Å². The van der Waals surface area contributed by atoms with Gasteiger partial charge in [-0.25, -0.2) is 0 Å². The van der Waals surface area contributed by atoms with E-state index in [1.54, 1.807) is 29.4 Å². The standard InChI is InChI=1S/C16H13O.C9H13.C2H6Si.2ClH.Zr/c1-17-14-7-4-6-13(11-14)16-10-9-12-5-2-3-8-15(12)16;1-6-5-7(2)9(4)8(6)3;1-3-2;;;/h2-11H,1H3;6H,1-4H3;1-2H3;2*1H;. The predicted molar refractivity (Wildman–Crippen MR) is 141 cm³/mol. The molecule has 2 aliphatic rings. The summed E-state index contributed by atoms with van der Waals surface area (Å²) in [7, 11) is 1.75. The molecule has 2 aromatic rings. The normalized spacial score (nSPS) is 19.2. The van der Waals surface area contributed by atoms with Crippen molar-refractivity contribution in [1.29, 1.82) is 0 Å². The van der Waals surface area contributed by atoms with E-state index in [-0.39, 0.29) is 30.2 Å². The van der Waals surface area contributed by atoms with Crippen LogP contribution in [0.5, 0.6) is 5.75 Å². The van der Waals surface area contributed by atoms with E-state index in [2.05, 4.69) is 89.3 Å². The Balaban J connectivity index is 0.00000181. The van der Waals surface area contributed by atoms with E-state index in [0.29, 0.717) is 9.54 Å². The van der Waals surface area contributed by atoms with Gasteiger partial charge in [0.15, 0.2) is 0 Å². The Kier molecular flexibility index (Phi) is 9.45. The molecular formula is C27H34Cl2OSiZr. The second-order valence-corrected chi connectivity index (χ2v) is 26.3. The number of hydrogen-bond acceptors (Lipinski definition) is 1. The first kappa shape index (κ1) is 27.4. The van der Waals surface area contributed by atoms with Gasteiger partial charge in [-0.2, -0.15) is 0 Å². The molecule has 0 fully saturated rings. The summed E-state index contributed by atoms with van der Waals surface area (Å²) in [5.74, 6) is 1.57. The first-order valence-corrected chi connectivity index (χ1v) is 19.7. The second kappa shape index (κ2) is 11.0. The zero-order valence-corrected chi connectivity index (χ0v) is 25.2. The van der Waals surface area contributed by atoms with Crippen molar-refractivity contribution in [1.82, 2.24) is 0 Å². The Morgan fingerprint density at radius 3 is 2.19 bits per heavy atom. The van der Waals surface area contributed by atoms with Crippen LogP contribution in [0.1, 0.15) is 48.0 Å². The third-order valence-electron chi connectivity index (χ3n) is 7.08. The predicted octanol–water partition coefficient (Wildman–Crippen LogP) is 8.15. The zero-order valence-electron chi connectivity index (χ0n) is 20.1. The summed E-state index contributed by atoms with van der Waals surface area (Å²) >= 11 is -1.94. The van der Waals surface area contributed by atoms with Gasteiger partial charge in [0.2, 0.25) is 0 Å². The van der Waals surface area contributed by atoms with E-state index in [0.717, 1.165) is 5.75 Å². The molecule has 0 saturated heterocycles. The molecule has 0 spiro atoms. The minimum atomic E-state index is -1.94. The molecule has 2 aliphatic carbocycles. The average Bonchev–Trinajstić information content (AvgIpc) is 3.22. The Labute approximate surface area is 214 Å². The van der Waals surface area contributed by atoms with Crippen LogP contribution in [-0.4, -0.2) is 12.5 Å². The van der Waals surface area contributed by atoms with E-state index in [9.17, 15) is 0 Å². The maximum atomic E-state index is 5.53. The molecule has 1 nitrogen and oxygen atoms in total. The number of ether oxygens (including phenoxy) is 1. The van der Waals surface area contributed by atoms with Crippen LogP contribution in [0.15, 0.2) is 74.6 Å². The van der Waals surface area contributed by atoms with Crippen LogP contribution in [0.2, 0.25) is 13.1 Å². The van der Waals surface area contributed by atoms with Gasteiger partial charge in [-0.3, -0.25) is 0 Å². The maximum Gasteiger partial charge on any atom is -0.147 e. The molecule has 5 heteroatoms. The number of benzene rings is 2. The summed E-state index contributed by atoms with van der Waals surface area (Å²) in [6.45, 7) is 14.7. The molecule has 4 rings (SSSR count). The fourth-order valence-corrected chi connectivity index (χ4v) is 24.9. The third kappa shape index (κ3) is 4.69. The van der Waals surface area contributed by atoms with Crippen molar-refractivity contribution in [2.75, 3.05) is 7.11 Å². The number of fused-ring (bicyclic) bond motifs is 1. The molecule has 2 aromatic carbocycles. The molecular weight excluding hydrogens is 531 g/mol. The molecule has 0 amide bonds. The van der Waals surface area contributed by atoms with Crippen LogP contribution in [0.4, 0.5) is 0 Å². The average molecular weight is 565 g/mol. The molecule has 2 atom stereocenters. The van der Waals surface area contributed by atoms with Crippen LogP contribution in [0, 0.1) is 5.92 Å². The van der Waals surface area contributed by atoms with E-state index in [4.69, 9.17) is 4.74 Å². The smallest absolute Gasteiger partial charge is 0.147 e. The summed E-state index contributed by atoms with van der Waals surface area (Å²) < 4.78 is 8.05. The molecule has 2 unspecified atom stereocenters. The Hall–Kier alpha value is -0.860. The van der Waals surface area contributed by atoms with Gasteiger partial charge in [-0.1, -0.05) is 0 Å². The largest absolute Gasteiger partial charge is 0.147 e. The summed E-state index contributed by atoms with van der Waals surface area (Å²) in [4.78, 5) is 0. The number of methoxy groups -OCH3 is 1. The summed E-state index contributed by atoms with van der Waals surface area (Å²) in [6, 6.07) is 17.7. The molecule has 32 heavy (non-hydrogen) atoms. The van der Waals surface area contributed by atoms with Crippen LogP contribution < -0.4 is 4.74 Å². The fraction of sp³-hybridized carbons (Fsp3) is 0.333. The quantitative estimate of drug-likeness (QED) is 0.341. The van der Waals surface area contributed by atoms with Crippen LogP contribution in [-0.2, 0) is 20.4 Å². The van der Waals surface area contributed by atoms with Crippen molar-refractivity contribution in [3.8, 4) is 5.75 Å². The molecule has 0 saturated carbocycles. The van der Waals surface area contributed by atoms with Gasteiger partial charge in [0, 0.05) is 0 Å². The molecule has 0 heterocycles. The van der Waals surface area contributed by atoms with Crippen LogP contribution >= 0.6 is 24.8 Å². The molecule has 0 aliphatic heterocycles.